The van der Waals surface area contributed by atoms with E-state index in [2.05, 4.69) is 30.5 Å². The average molecular weight is 434 g/mol. The summed E-state index contributed by atoms with van der Waals surface area (Å²) < 4.78 is 5.41. The fourth-order valence-corrected chi connectivity index (χ4v) is 3.11. The van der Waals surface area contributed by atoms with Crippen LogP contribution in [0, 0.1) is 10.1 Å². The number of benzene rings is 2. The Balaban J connectivity index is 1.52. The van der Waals surface area contributed by atoms with E-state index in [-0.39, 0.29) is 18.2 Å². The third kappa shape index (κ3) is 5.79. The van der Waals surface area contributed by atoms with E-state index < -0.39 is 4.92 Å². The monoisotopic (exact) mass is 434 g/mol. The number of nitrogens with zero attached hydrogens (tertiary/aromatic N) is 7. The molecule has 32 heavy (non-hydrogen) atoms. The highest BCUT2D eigenvalue weighted by molar-refractivity contribution is 5.42. The molecule has 0 aliphatic carbocycles. The van der Waals surface area contributed by atoms with E-state index >= 15 is 0 Å². The molecule has 4 rings (SSSR count). The molecule has 1 fully saturated rings. The summed E-state index contributed by atoms with van der Waals surface area (Å²) in [5, 5.41) is 22.4. The van der Waals surface area contributed by atoms with Gasteiger partial charge in [0.05, 0.1) is 24.7 Å². The van der Waals surface area contributed by atoms with Crippen molar-refractivity contribution in [3.8, 4) is 0 Å². The lowest BCUT2D eigenvalue weighted by atomic mass is 10.2. The van der Waals surface area contributed by atoms with Crippen molar-refractivity contribution in [3.05, 3.63) is 75.8 Å². The SMILES string of the molecule is O=[N+]([O-])c1cccc(CN=Nc2nc(NCc3ccccc3)nc(N3CCOCC3)n2)c1. The fraction of sp³-hybridized carbons (Fsp3) is 0.286. The maximum atomic E-state index is 10.9. The van der Waals surface area contributed by atoms with Gasteiger partial charge >= 0.3 is 0 Å². The molecule has 3 aromatic rings. The Bertz CT molecular complexity index is 1090. The minimum absolute atomic E-state index is 0.0138. The molecule has 0 bridgehead atoms. The lowest BCUT2D eigenvalue weighted by molar-refractivity contribution is -0.384. The van der Waals surface area contributed by atoms with Crippen LogP contribution >= 0.6 is 0 Å². The van der Waals surface area contributed by atoms with Crippen LogP contribution in [0.4, 0.5) is 23.5 Å². The zero-order valence-corrected chi connectivity index (χ0v) is 17.3. The van der Waals surface area contributed by atoms with E-state index in [1.165, 1.54) is 12.1 Å². The summed E-state index contributed by atoms with van der Waals surface area (Å²) in [5.41, 5.74) is 1.78. The van der Waals surface area contributed by atoms with Crippen LogP contribution in [-0.4, -0.2) is 46.2 Å². The van der Waals surface area contributed by atoms with E-state index in [4.69, 9.17) is 4.74 Å². The standard InChI is InChI=1S/C21H22N8O3/c30-29(31)18-8-4-7-17(13-18)15-23-27-20-24-19(22-14-16-5-2-1-3-6-16)25-21(26-20)28-9-11-32-12-10-28/h1-8,13H,9-12,14-15H2,(H,22,24,25,26). The number of hydrogen-bond acceptors (Lipinski definition) is 10. The number of azo groups is 1. The predicted molar refractivity (Wildman–Crippen MR) is 118 cm³/mol. The van der Waals surface area contributed by atoms with Gasteiger partial charge in [-0.1, -0.05) is 42.5 Å². The van der Waals surface area contributed by atoms with Gasteiger partial charge in [0.15, 0.2) is 0 Å². The maximum Gasteiger partial charge on any atom is 0.275 e. The Morgan fingerprint density at radius 2 is 1.81 bits per heavy atom. The Morgan fingerprint density at radius 1 is 1.03 bits per heavy atom. The van der Waals surface area contributed by atoms with Crippen LogP contribution < -0.4 is 10.2 Å². The molecule has 11 nitrogen and oxygen atoms in total. The molecule has 1 N–H and O–H groups in total. The van der Waals surface area contributed by atoms with Gasteiger partial charge in [-0.25, -0.2) is 0 Å². The molecule has 0 spiro atoms. The molecule has 164 valence electrons. The molecule has 1 aliphatic heterocycles. The third-order valence-corrected chi connectivity index (χ3v) is 4.73. The summed E-state index contributed by atoms with van der Waals surface area (Å²) in [6, 6.07) is 16.2. The van der Waals surface area contributed by atoms with Gasteiger partial charge < -0.3 is 15.0 Å². The summed E-state index contributed by atoms with van der Waals surface area (Å²) in [6.07, 6.45) is 0. The van der Waals surface area contributed by atoms with Crippen molar-refractivity contribution in [1.82, 2.24) is 15.0 Å². The Morgan fingerprint density at radius 3 is 2.59 bits per heavy atom. The Hall–Kier alpha value is -3.99. The van der Waals surface area contributed by atoms with Gasteiger partial charge in [-0.3, -0.25) is 10.1 Å². The maximum absolute atomic E-state index is 10.9. The summed E-state index contributed by atoms with van der Waals surface area (Å²) in [6.45, 7) is 3.27. The molecule has 0 saturated carbocycles. The number of anilines is 2. The molecule has 1 aromatic heterocycles. The van der Waals surface area contributed by atoms with Crippen molar-refractivity contribution < 1.29 is 9.66 Å². The lowest BCUT2D eigenvalue weighted by Crippen LogP contribution is -2.37. The van der Waals surface area contributed by atoms with Crippen LogP contribution in [0.25, 0.3) is 0 Å². The second-order valence-corrected chi connectivity index (χ2v) is 7.02. The number of nitrogens with one attached hydrogen (secondary N) is 1. The molecule has 0 amide bonds. The molecular formula is C21H22N8O3. The number of nitro groups is 1. The molecule has 1 aliphatic rings. The largest absolute Gasteiger partial charge is 0.378 e. The molecule has 2 heterocycles. The zero-order chi connectivity index (χ0) is 22.2. The molecular weight excluding hydrogens is 412 g/mol. The van der Waals surface area contributed by atoms with Crippen molar-refractivity contribution in [2.75, 3.05) is 36.5 Å². The zero-order valence-electron chi connectivity index (χ0n) is 17.3. The van der Waals surface area contributed by atoms with Crippen molar-refractivity contribution >= 4 is 23.5 Å². The summed E-state index contributed by atoms with van der Waals surface area (Å²) in [4.78, 5) is 25.8. The molecule has 2 aromatic carbocycles. The van der Waals surface area contributed by atoms with Gasteiger partial charge in [-0.05, 0) is 11.1 Å². The lowest BCUT2D eigenvalue weighted by Gasteiger charge is -2.26. The molecule has 0 atom stereocenters. The van der Waals surface area contributed by atoms with Crippen molar-refractivity contribution in [3.63, 3.8) is 0 Å². The van der Waals surface area contributed by atoms with E-state index in [1.807, 2.05) is 35.2 Å². The topological polar surface area (TPSA) is 131 Å². The summed E-state index contributed by atoms with van der Waals surface area (Å²) in [7, 11) is 0. The Kier molecular flexibility index (Phi) is 6.88. The van der Waals surface area contributed by atoms with Crippen LogP contribution in [0.2, 0.25) is 0 Å². The highest BCUT2D eigenvalue weighted by Crippen LogP contribution is 2.19. The van der Waals surface area contributed by atoms with E-state index in [0.29, 0.717) is 50.3 Å². The van der Waals surface area contributed by atoms with Crippen molar-refractivity contribution in [1.29, 1.82) is 0 Å². The second kappa shape index (κ2) is 10.4. The first kappa shape index (κ1) is 21.2. The van der Waals surface area contributed by atoms with Crippen molar-refractivity contribution in [2.45, 2.75) is 13.1 Å². The van der Waals surface area contributed by atoms with Crippen LogP contribution in [0.3, 0.4) is 0 Å². The molecule has 0 unspecified atom stereocenters. The number of morpholine rings is 1. The van der Waals surface area contributed by atoms with E-state index in [0.717, 1.165) is 5.56 Å². The molecule has 1 saturated heterocycles. The molecule has 0 radical (unpaired) electrons. The number of ether oxygens (including phenoxy) is 1. The van der Waals surface area contributed by atoms with Gasteiger partial charge in [-0.15, -0.1) is 5.11 Å². The van der Waals surface area contributed by atoms with Crippen molar-refractivity contribution in [2.24, 2.45) is 10.2 Å². The molecule has 11 heteroatoms. The minimum Gasteiger partial charge on any atom is -0.378 e. The number of rotatable bonds is 8. The summed E-state index contributed by atoms with van der Waals surface area (Å²) in [5.74, 6) is 1.07. The average Bonchev–Trinajstić information content (AvgIpc) is 2.84. The van der Waals surface area contributed by atoms with Crippen LogP contribution in [0.1, 0.15) is 11.1 Å². The Labute approximate surface area is 184 Å². The quantitative estimate of drug-likeness (QED) is 0.324. The van der Waals surface area contributed by atoms with Gasteiger partial charge in [-0.2, -0.15) is 20.1 Å². The minimum atomic E-state index is -0.439. The van der Waals surface area contributed by atoms with Gasteiger partial charge in [0, 0.05) is 31.8 Å². The van der Waals surface area contributed by atoms with Gasteiger partial charge in [0.1, 0.15) is 0 Å². The third-order valence-electron chi connectivity index (χ3n) is 4.73. The number of aromatic nitrogens is 3. The van der Waals surface area contributed by atoms with Crippen LogP contribution in [0.15, 0.2) is 64.8 Å². The smallest absolute Gasteiger partial charge is 0.275 e. The van der Waals surface area contributed by atoms with Crippen LogP contribution in [0.5, 0.6) is 0 Å². The van der Waals surface area contributed by atoms with Gasteiger partial charge in [0.25, 0.3) is 11.6 Å². The second-order valence-electron chi connectivity index (χ2n) is 7.02. The first-order valence-corrected chi connectivity index (χ1v) is 10.1. The van der Waals surface area contributed by atoms with E-state index in [9.17, 15) is 10.1 Å². The first-order chi connectivity index (χ1) is 15.7. The normalized spacial score (nSPS) is 13.9. The van der Waals surface area contributed by atoms with Crippen LogP contribution in [-0.2, 0) is 17.8 Å². The fourth-order valence-electron chi connectivity index (χ4n) is 3.11. The highest BCUT2D eigenvalue weighted by Gasteiger charge is 2.16. The van der Waals surface area contributed by atoms with E-state index in [1.54, 1.807) is 12.1 Å². The summed E-state index contributed by atoms with van der Waals surface area (Å²) >= 11 is 0. The number of hydrogen-bond donors (Lipinski definition) is 1. The highest BCUT2D eigenvalue weighted by atomic mass is 16.6. The predicted octanol–water partition coefficient (Wildman–Crippen LogP) is 3.51. The first-order valence-electron chi connectivity index (χ1n) is 10.1. The number of non-ortho nitro benzene ring substituents is 1. The van der Waals surface area contributed by atoms with Gasteiger partial charge in [0.2, 0.25) is 11.9 Å². The number of nitro benzene ring substituents is 1.